The van der Waals surface area contributed by atoms with Crippen LogP contribution in [0.5, 0.6) is 0 Å². The zero-order chi connectivity index (χ0) is 20.4. The number of hydrogen-bond acceptors (Lipinski definition) is 5. The molecular formula is C21H24N2O5. The van der Waals surface area contributed by atoms with Crippen LogP contribution in [0.1, 0.15) is 30.9 Å². The van der Waals surface area contributed by atoms with Crippen molar-refractivity contribution < 1.29 is 23.9 Å². The smallest absolute Gasteiger partial charge is 0.329 e. The van der Waals surface area contributed by atoms with Crippen molar-refractivity contribution in [3.63, 3.8) is 0 Å². The number of benzene rings is 1. The van der Waals surface area contributed by atoms with Gasteiger partial charge >= 0.3 is 5.97 Å². The maximum absolute atomic E-state index is 12.5. The number of ether oxygens (including phenoxy) is 1. The van der Waals surface area contributed by atoms with Crippen molar-refractivity contribution in [1.82, 2.24) is 4.90 Å². The summed E-state index contributed by atoms with van der Waals surface area (Å²) in [7, 11) is 0. The van der Waals surface area contributed by atoms with E-state index in [1.807, 2.05) is 44.2 Å². The second kappa shape index (κ2) is 7.96. The molecule has 0 unspecified atom stereocenters. The molecule has 2 aliphatic rings. The van der Waals surface area contributed by atoms with E-state index in [2.05, 4.69) is 5.32 Å². The summed E-state index contributed by atoms with van der Waals surface area (Å²) in [6.45, 7) is 4.80. The second-order valence-corrected chi connectivity index (χ2v) is 7.41. The Morgan fingerprint density at radius 1 is 1.07 bits per heavy atom. The third-order valence-electron chi connectivity index (χ3n) is 5.12. The molecule has 1 N–H and O–H groups in total. The third kappa shape index (κ3) is 3.98. The van der Waals surface area contributed by atoms with Crippen LogP contribution in [0.4, 0.5) is 5.69 Å². The summed E-state index contributed by atoms with van der Waals surface area (Å²) in [4.78, 5) is 50.4. The van der Waals surface area contributed by atoms with Gasteiger partial charge in [-0.2, -0.15) is 0 Å². The van der Waals surface area contributed by atoms with Crippen LogP contribution in [-0.4, -0.2) is 41.2 Å². The average Bonchev–Trinajstić information content (AvgIpc) is 2.89. The minimum atomic E-state index is -1.06. The maximum Gasteiger partial charge on any atom is 0.329 e. The minimum Gasteiger partial charge on any atom is -0.454 e. The number of carbonyl (C=O) groups excluding carboxylic acids is 4. The number of carbonyl (C=O) groups is 4. The molecule has 0 radical (unpaired) electrons. The van der Waals surface area contributed by atoms with Crippen molar-refractivity contribution in [2.45, 2.75) is 39.7 Å². The first-order valence-corrected chi connectivity index (χ1v) is 9.34. The van der Waals surface area contributed by atoms with Crippen LogP contribution in [0, 0.1) is 25.7 Å². The monoisotopic (exact) mass is 384 g/mol. The van der Waals surface area contributed by atoms with Gasteiger partial charge in [0.05, 0.1) is 11.8 Å². The lowest BCUT2D eigenvalue weighted by atomic mass is 9.85. The van der Waals surface area contributed by atoms with Crippen LogP contribution in [-0.2, 0) is 23.9 Å². The molecule has 1 aliphatic heterocycles. The maximum atomic E-state index is 12.5. The molecule has 1 saturated heterocycles. The van der Waals surface area contributed by atoms with E-state index in [1.165, 1.54) is 6.92 Å². The molecule has 1 aliphatic carbocycles. The highest BCUT2D eigenvalue weighted by atomic mass is 16.5. The highest BCUT2D eigenvalue weighted by Gasteiger charge is 2.50. The predicted molar refractivity (Wildman–Crippen MR) is 102 cm³/mol. The van der Waals surface area contributed by atoms with Crippen LogP contribution in [0.25, 0.3) is 0 Å². The van der Waals surface area contributed by atoms with Gasteiger partial charge in [0.15, 0.2) is 6.61 Å². The standard InChI is InChI=1S/C21H24N2O5/c1-12-8-13(2)10-15(9-12)22-18(24)11-28-21(27)14(3)23-19(25)16-6-4-5-7-17(16)20(23)26/h4-5,8-10,14,16-17H,6-7,11H2,1-3H3,(H,22,24)/t14-,16-,17+/m0/s1. The van der Waals surface area contributed by atoms with Crippen molar-refractivity contribution >= 4 is 29.4 Å². The zero-order valence-electron chi connectivity index (χ0n) is 16.2. The van der Waals surface area contributed by atoms with Gasteiger partial charge in [-0.25, -0.2) is 4.79 Å². The number of fused-ring (bicyclic) bond motifs is 1. The van der Waals surface area contributed by atoms with E-state index in [-0.39, 0.29) is 11.8 Å². The van der Waals surface area contributed by atoms with Gasteiger partial charge in [-0.15, -0.1) is 0 Å². The van der Waals surface area contributed by atoms with Crippen LogP contribution in [0.15, 0.2) is 30.4 Å². The van der Waals surface area contributed by atoms with Crippen LogP contribution in [0.2, 0.25) is 0 Å². The van der Waals surface area contributed by atoms with Gasteiger partial charge in [-0.05, 0) is 56.9 Å². The van der Waals surface area contributed by atoms with Crippen LogP contribution >= 0.6 is 0 Å². The first-order chi connectivity index (χ1) is 13.3. The Kier molecular flexibility index (Phi) is 5.63. The Morgan fingerprint density at radius 2 is 1.61 bits per heavy atom. The predicted octanol–water partition coefficient (Wildman–Crippen LogP) is 2.12. The average molecular weight is 384 g/mol. The lowest BCUT2D eigenvalue weighted by Crippen LogP contribution is -2.45. The van der Waals surface area contributed by atoms with Gasteiger partial charge in [0.2, 0.25) is 11.8 Å². The molecule has 7 nitrogen and oxygen atoms in total. The molecule has 3 rings (SSSR count). The molecule has 28 heavy (non-hydrogen) atoms. The molecule has 3 atom stereocenters. The van der Waals surface area contributed by atoms with Crippen molar-refractivity contribution in [2.24, 2.45) is 11.8 Å². The fourth-order valence-corrected chi connectivity index (χ4v) is 3.81. The summed E-state index contributed by atoms with van der Waals surface area (Å²) < 4.78 is 5.05. The molecule has 1 fully saturated rings. The number of esters is 1. The Balaban J connectivity index is 1.56. The number of imide groups is 1. The third-order valence-corrected chi connectivity index (χ3v) is 5.12. The number of amides is 3. The number of nitrogens with one attached hydrogen (secondary N) is 1. The second-order valence-electron chi connectivity index (χ2n) is 7.41. The number of nitrogens with zero attached hydrogens (tertiary/aromatic N) is 1. The van der Waals surface area contributed by atoms with Gasteiger partial charge in [-0.3, -0.25) is 19.3 Å². The molecular weight excluding hydrogens is 360 g/mol. The number of hydrogen-bond donors (Lipinski definition) is 1. The summed E-state index contributed by atoms with van der Waals surface area (Å²) in [5.41, 5.74) is 2.62. The molecule has 7 heteroatoms. The van der Waals surface area contributed by atoms with Gasteiger partial charge in [0.1, 0.15) is 6.04 Å². The summed E-state index contributed by atoms with van der Waals surface area (Å²) >= 11 is 0. The van der Waals surface area contributed by atoms with Gasteiger partial charge in [0, 0.05) is 5.69 Å². The van der Waals surface area contributed by atoms with Crippen molar-refractivity contribution in [3.8, 4) is 0 Å². The van der Waals surface area contributed by atoms with Gasteiger partial charge in [0.25, 0.3) is 5.91 Å². The molecule has 0 bridgehead atoms. The summed E-state index contributed by atoms with van der Waals surface area (Å²) in [6.07, 6.45) is 4.78. The Labute approximate surface area is 163 Å². The molecule has 0 spiro atoms. The van der Waals surface area contributed by atoms with Crippen LogP contribution in [0.3, 0.4) is 0 Å². The van der Waals surface area contributed by atoms with E-state index < -0.39 is 36.4 Å². The lowest BCUT2D eigenvalue weighted by Gasteiger charge is -2.21. The largest absolute Gasteiger partial charge is 0.454 e. The van der Waals surface area contributed by atoms with E-state index in [0.717, 1.165) is 16.0 Å². The molecule has 148 valence electrons. The zero-order valence-corrected chi connectivity index (χ0v) is 16.2. The fourth-order valence-electron chi connectivity index (χ4n) is 3.81. The molecule has 1 aromatic rings. The Hall–Kier alpha value is -2.96. The molecule has 3 amide bonds. The normalized spacial score (nSPS) is 22.0. The van der Waals surface area contributed by atoms with Gasteiger partial charge in [-0.1, -0.05) is 18.2 Å². The molecule has 0 saturated carbocycles. The van der Waals surface area contributed by atoms with E-state index in [0.29, 0.717) is 18.5 Å². The summed E-state index contributed by atoms with van der Waals surface area (Å²) in [6, 6.07) is 4.55. The van der Waals surface area contributed by atoms with Crippen molar-refractivity contribution in [3.05, 3.63) is 41.5 Å². The minimum absolute atomic E-state index is 0.344. The number of rotatable bonds is 5. The summed E-state index contributed by atoms with van der Waals surface area (Å²) in [5.74, 6) is -2.75. The van der Waals surface area contributed by atoms with E-state index >= 15 is 0 Å². The topological polar surface area (TPSA) is 92.8 Å². The number of allylic oxidation sites excluding steroid dienone is 2. The van der Waals surface area contributed by atoms with Crippen LogP contribution < -0.4 is 5.32 Å². The molecule has 1 aromatic carbocycles. The highest BCUT2D eigenvalue weighted by Crippen LogP contribution is 2.36. The molecule has 0 aromatic heterocycles. The Bertz CT molecular complexity index is 814. The highest BCUT2D eigenvalue weighted by molar-refractivity contribution is 6.08. The van der Waals surface area contributed by atoms with Crippen molar-refractivity contribution in [2.75, 3.05) is 11.9 Å². The Morgan fingerprint density at radius 3 is 2.14 bits per heavy atom. The number of likely N-dealkylation sites (tertiary alicyclic amines) is 1. The van der Waals surface area contributed by atoms with E-state index in [4.69, 9.17) is 4.74 Å². The summed E-state index contributed by atoms with van der Waals surface area (Å²) in [5, 5.41) is 2.67. The fraction of sp³-hybridized carbons (Fsp3) is 0.429. The van der Waals surface area contributed by atoms with E-state index in [1.54, 1.807) is 0 Å². The van der Waals surface area contributed by atoms with Crippen molar-refractivity contribution in [1.29, 1.82) is 0 Å². The van der Waals surface area contributed by atoms with Gasteiger partial charge < -0.3 is 10.1 Å². The quantitative estimate of drug-likeness (QED) is 0.477. The number of anilines is 1. The lowest BCUT2D eigenvalue weighted by molar-refractivity contribution is -0.159. The SMILES string of the molecule is Cc1cc(C)cc(NC(=O)COC(=O)[C@H](C)N2C(=O)[C@H]3CC=CC[C@H]3C2=O)c1. The number of aryl methyl sites for hydroxylation is 2. The first-order valence-electron chi connectivity index (χ1n) is 9.34. The molecule has 1 heterocycles. The van der Waals surface area contributed by atoms with E-state index in [9.17, 15) is 19.2 Å². The first kappa shape index (κ1) is 19.8.